The number of hydrogen-bond donors (Lipinski definition) is 1. The zero-order valence-corrected chi connectivity index (χ0v) is 9.68. The Labute approximate surface area is 82.1 Å². The van der Waals surface area contributed by atoms with E-state index in [9.17, 15) is 0 Å². The minimum absolute atomic E-state index is 0.473. The van der Waals surface area contributed by atoms with Crippen LogP contribution in [0.5, 0.6) is 0 Å². The predicted molar refractivity (Wildman–Crippen MR) is 60.0 cm³/mol. The van der Waals surface area contributed by atoms with Crippen LogP contribution in [-0.4, -0.2) is 11.8 Å². The number of nitrogens with one attached hydrogen (secondary N) is 1. The second-order valence-corrected chi connectivity index (χ2v) is 4.10. The summed E-state index contributed by atoms with van der Waals surface area (Å²) in [7, 11) is 0. The molecule has 0 spiro atoms. The molecule has 0 unspecified atom stereocenters. The van der Waals surface area contributed by atoms with Crippen LogP contribution in [0.2, 0.25) is 0 Å². The molecular formula is C11H22N2. The van der Waals surface area contributed by atoms with Gasteiger partial charge in [-0.1, -0.05) is 13.8 Å². The first-order chi connectivity index (χ1) is 5.93. The molecule has 0 aliphatic heterocycles. The van der Waals surface area contributed by atoms with Crippen LogP contribution in [0.25, 0.3) is 0 Å². The number of nitrogens with zero attached hydrogens (tertiary/aromatic N) is 1. The molecule has 0 aliphatic carbocycles. The van der Waals surface area contributed by atoms with Gasteiger partial charge in [0.25, 0.3) is 0 Å². The van der Waals surface area contributed by atoms with Crippen molar-refractivity contribution in [2.24, 2.45) is 10.9 Å². The van der Waals surface area contributed by atoms with Crippen molar-refractivity contribution in [3.05, 3.63) is 11.9 Å². The van der Waals surface area contributed by atoms with Crippen LogP contribution in [0.15, 0.2) is 16.9 Å². The summed E-state index contributed by atoms with van der Waals surface area (Å²) in [4.78, 5) is 4.46. The zero-order chi connectivity index (χ0) is 10.4. The Morgan fingerprint density at radius 2 is 1.69 bits per heavy atom. The highest BCUT2D eigenvalue weighted by Gasteiger charge is 2.00. The lowest BCUT2D eigenvalue weighted by Crippen LogP contribution is -2.17. The summed E-state index contributed by atoms with van der Waals surface area (Å²) in [5.41, 5.74) is 2.22. The molecule has 0 aromatic heterocycles. The highest BCUT2D eigenvalue weighted by Crippen LogP contribution is 2.10. The molecule has 0 atom stereocenters. The Kier molecular flexibility index (Phi) is 5.44. The molecule has 2 nitrogen and oxygen atoms in total. The number of rotatable bonds is 4. The molecule has 1 N–H and O–H groups in total. The molecule has 76 valence electrons. The molecule has 0 radical (unpaired) electrons. The van der Waals surface area contributed by atoms with Gasteiger partial charge in [-0.15, -0.1) is 0 Å². The lowest BCUT2D eigenvalue weighted by molar-refractivity contribution is 0.673. The third-order valence-corrected chi connectivity index (χ3v) is 1.51. The molecule has 0 bridgehead atoms. The van der Waals surface area contributed by atoms with E-state index in [1.165, 1.54) is 0 Å². The van der Waals surface area contributed by atoms with Gasteiger partial charge in [-0.05, 0) is 33.6 Å². The zero-order valence-electron chi connectivity index (χ0n) is 9.68. The number of allylic oxidation sites excluding steroid dienone is 1. The third-order valence-electron chi connectivity index (χ3n) is 1.51. The van der Waals surface area contributed by atoms with Crippen molar-refractivity contribution in [2.45, 2.75) is 47.6 Å². The molecule has 0 saturated heterocycles. The first-order valence-corrected chi connectivity index (χ1v) is 4.91. The Hall–Kier alpha value is -0.790. The summed E-state index contributed by atoms with van der Waals surface area (Å²) in [5, 5.41) is 3.26. The predicted octanol–water partition coefficient (Wildman–Crippen LogP) is 2.96. The second-order valence-electron chi connectivity index (χ2n) is 4.10. The van der Waals surface area contributed by atoms with Crippen LogP contribution < -0.4 is 5.32 Å². The lowest BCUT2D eigenvalue weighted by atomic mass is 10.1. The van der Waals surface area contributed by atoms with Crippen LogP contribution in [-0.2, 0) is 0 Å². The Balaban J connectivity index is 4.42. The minimum Gasteiger partial charge on any atom is -0.387 e. The fourth-order valence-corrected chi connectivity index (χ4v) is 0.838. The molecule has 2 heteroatoms. The maximum Gasteiger partial charge on any atom is 0.0584 e. The summed E-state index contributed by atoms with van der Waals surface area (Å²) >= 11 is 0. The number of hydrogen-bond acceptors (Lipinski definition) is 2. The average Bonchev–Trinajstić information content (AvgIpc) is 1.96. The Morgan fingerprint density at radius 1 is 1.15 bits per heavy atom. The minimum atomic E-state index is 0.473. The molecule has 0 aromatic rings. The Bertz CT molecular complexity index is 196. The van der Waals surface area contributed by atoms with Gasteiger partial charge in [-0.25, -0.2) is 0 Å². The summed E-state index contributed by atoms with van der Waals surface area (Å²) in [6.45, 7) is 12.6. The van der Waals surface area contributed by atoms with Crippen LogP contribution in [0.4, 0.5) is 0 Å². The first kappa shape index (κ1) is 12.2. The molecule has 0 aromatic carbocycles. The van der Waals surface area contributed by atoms with E-state index in [-0.39, 0.29) is 0 Å². The van der Waals surface area contributed by atoms with E-state index in [1.807, 2.05) is 20.0 Å². The van der Waals surface area contributed by atoms with Gasteiger partial charge >= 0.3 is 0 Å². The van der Waals surface area contributed by atoms with Gasteiger partial charge in [-0.3, -0.25) is 4.99 Å². The molecule has 13 heavy (non-hydrogen) atoms. The van der Waals surface area contributed by atoms with Gasteiger partial charge in [0, 0.05) is 18.0 Å². The molecule has 0 fully saturated rings. The monoisotopic (exact) mass is 182 g/mol. The highest BCUT2D eigenvalue weighted by atomic mass is 14.9. The first-order valence-electron chi connectivity index (χ1n) is 4.91. The van der Waals surface area contributed by atoms with Gasteiger partial charge in [0.2, 0.25) is 0 Å². The van der Waals surface area contributed by atoms with Crippen molar-refractivity contribution in [3.63, 3.8) is 0 Å². The fraction of sp³-hybridized carbons (Fsp3) is 0.727. The molecule has 0 aliphatic rings. The molecule has 0 amide bonds. The number of aliphatic imine (C=N–C) groups is 1. The van der Waals surface area contributed by atoms with Crippen molar-refractivity contribution < 1.29 is 0 Å². The molecule has 0 saturated carbocycles. The van der Waals surface area contributed by atoms with Crippen molar-refractivity contribution in [1.29, 1.82) is 0 Å². The largest absolute Gasteiger partial charge is 0.387 e. The standard InChI is InChI=1S/C11H22N2/c1-8(2)11(13-10(5)6)7-12-9(3)4/h7-9,12H,1-6H3/b11-7-. The van der Waals surface area contributed by atoms with E-state index in [0.717, 1.165) is 11.4 Å². The quantitative estimate of drug-likeness (QED) is 0.664. The van der Waals surface area contributed by atoms with Crippen molar-refractivity contribution in [1.82, 2.24) is 5.32 Å². The van der Waals surface area contributed by atoms with Crippen molar-refractivity contribution >= 4 is 5.71 Å². The van der Waals surface area contributed by atoms with Gasteiger partial charge < -0.3 is 5.32 Å². The van der Waals surface area contributed by atoms with Crippen LogP contribution in [0.1, 0.15) is 41.5 Å². The SMILES string of the molecule is CC(C)=N/C(=C\NC(C)C)C(C)C. The summed E-state index contributed by atoms with van der Waals surface area (Å²) in [6.07, 6.45) is 2.02. The smallest absolute Gasteiger partial charge is 0.0584 e. The van der Waals surface area contributed by atoms with E-state index >= 15 is 0 Å². The summed E-state index contributed by atoms with van der Waals surface area (Å²) in [5.74, 6) is 0.473. The maximum absolute atomic E-state index is 4.46. The third kappa shape index (κ3) is 6.38. The molecule has 0 heterocycles. The van der Waals surface area contributed by atoms with Crippen molar-refractivity contribution in [3.8, 4) is 0 Å². The van der Waals surface area contributed by atoms with E-state index < -0.39 is 0 Å². The topological polar surface area (TPSA) is 24.4 Å². The van der Waals surface area contributed by atoms with Gasteiger partial charge in [0.15, 0.2) is 0 Å². The maximum atomic E-state index is 4.46. The van der Waals surface area contributed by atoms with E-state index in [1.54, 1.807) is 0 Å². The van der Waals surface area contributed by atoms with Crippen LogP contribution >= 0.6 is 0 Å². The Morgan fingerprint density at radius 3 is 2.00 bits per heavy atom. The highest BCUT2D eigenvalue weighted by molar-refractivity contribution is 5.80. The lowest BCUT2D eigenvalue weighted by Gasteiger charge is -2.10. The van der Waals surface area contributed by atoms with E-state index in [4.69, 9.17) is 0 Å². The molecule has 0 rings (SSSR count). The van der Waals surface area contributed by atoms with Gasteiger partial charge in [0.05, 0.1) is 5.70 Å². The summed E-state index contributed by atoms with van der Waals surface area (Å²) in [6, 6.07) is 0.473. The van der Waals surface area contributed by atoms with E-state index in [0.29, 0.717) is 12.0 Å². The molecular weight excluding hydrogens is 160 g/mol. The van der Waals surface area contributed by atoms with E-state index in [2.05, 4.69) is 38.0 Å². The van der Waals surface area contributed by atoms with Crippen LogP contribution in [0, 0.1) is 5.92 Å². The average molecular weight is 182 g/mol. The van der Waals surface area contributed by atoms with Gasteiger partial charge in [-0.2, -0.15) is 0 Å². The summed E-state index contributed by atoms with van der Waals surface area (Å²) < 4.78 is 0. The van der Waals surface area contributed by atoms with Crippen LogP contribution in [0.3, 0.4) is 0 Å². The fourth-order valence-electron chi connectivity index (χ4n) is 0.838. The van der Waals surface area contributed by atoms with Crippen molar-refractivity contribution in [2.75, 3.05) is 0 Å². The normalized spacial score (nSPS) is 12.2. The van der Waals surface area contributed by atoms with Gasteiger partial charge in [0.1, 0.15) is 0 Å². The second kappa shape index (κ2) is 5.79.